The Morgan fingerprint density at radius 3 is 2.28 bits per heavy atom. The smallest absolute Gasteiger partial charge is 0.256 e. The fourth-order valence-corrected chi connectivity index (χ4v) is 3.11. The van der Waals surface area contributed by atoms with E-state index in [1.54, 1.807) is 36.0 Å². The number of thioether (sulfide) groups is 1. The third-order valence-electron chi connectivity index (χ3n) is 3.52. The standard InChI is InChI=1S/C20H24N2O2S/c1-4-25-18-12-8-6-10-16(18)20(24)22-17-11-7-5-9-15(17)19(23)21-13-14(2)3/h5-12,14H,4,13H2,1-3H3,(H,21,23)(H,22,24). The van der Waals surface area contributed by atoms with Crippen molar-refractivity contribution >= 4 is 29.3 Å². The zero-order chi connectivity index (χ0) is 18.2. The summed E-state index contributed by atoms with van der Waals surface area (Å²) in [7, 11) is 0. The van der Waals surface area contributed by atoms with Crippen LogP contribution in [0.3, 0.4) is 0 Å². The van der Waals surface area contributed by atoms with Gasteiger partial charge in [0.05, 0.1) is 16.8 Å². The maximum absolute atomic E-state index is 12.7. The second kappa shape index (κ2) is 9.28. The molecule has 0 saturated heterocycles. The predicted molar refractivity (Wildman–Crippen MR) is 104 cm³/mol. The summed E-state index contributed by atoms with van der Waals surface area (Å²) < 4.78 is 0. The first-order valence-corrected chi connectivity index (χ1v) is 9.41. The molecule has 5 heteroatoms. The quantitative estimate of drug-likeness (QED) is 0.721. The van der Waals surface area contributed by atoms with E-state index in [0.29, 0.717) is 29.3 Å². The second-order valence-electron chi connectivity index (χ2n) is 6.03. The first-order chi connectivity index (χ1) is 12.0. The van der Waals surface area contributed by atoms with Gasteiger partial charge in [0.25, 0.3) is 11.8 Å². The molecule has 2 aromatic rings. The molecule has 0 saturated carbocycles. The molecular weight excluding hydrogens is 332 g/mol. The molecule has 0 bridgehead atoms. The van der Waals surface area contributed by atoms with Crippen LogP contribution in [0.2, 0.25) is 0 Å². The number of amides is 2. The van der Waals surface area contributed by atoms with Crippen molar-refractivity contribution < 1.29 is 9.59 Å². The van der Waals surface area contributed by atoms with E-state index < -0.39 is 0 Å². The highest BCUT2D eigenvalue weighted by Crippen LogP contribution is 2.24. The molecule has 0 aliphatic carbocycles. The van der Waals surface area contributed by atoms with Crippen molar-refractivity contribution in [2.45, 2.75) is 25.7 Å². The van der Waals surface area contributed by atoms with Gasteiger partial charge >= 0.3 is 0 Å². The summed E-state index contributed by atoms with van der Waals surface area (Å²) in [6, 6.07) is 14.6. The van der Waals surface area contributed by atoms with Crippen LogP contribution in [0.4, 0.5) is 5.69 Å². The number of anilines is 1. The fraction of sp³-hybridized carbons (Fsp3) is 0.300. The van der Waals surface area contributed by atoms with E-state index in [9.17, 15) is 9.59 Å². The van der Waals surface area contributed by atoms with Gasteiger partial charge < -0.3 is 10.6 Å². The number of hydrogen-bond donors (Lipinski definition) is 2. The lowest BCUT2D eigenvalue weighted by atomic mass is 10.1. The fourth-order valence-electron chi connectivity index (χ4n) is 2.31. The van der Waals surface area contributed by atoms with E-state index in [0.717, 1.165) is 10.6 Å². The normalized spacial score (nSPS) is 10.6. The van der Waals surface area contributed by atoms with Crippen LogP contribution >= 0.6 is 11.8 Å². The van der Waals surface area contributed by atoms with Crippen LogP contribution in [-0.4, -0.2) is 24.1 Å². The molecule has 2 aromatic carbocycles. The van der Waals surface area contributed by atoms with E-state index in [4.69, 9.17) is 0 Å². The Balaban J connectivity index is 2.20. The van der Waals surface area contributed by atoms with E-state index in [1.165, 1.54) is 0 Å². The molecule has 0 aromatic heterocycles. The zero-order valence-corrected chi connectivity index (χ0v) is 15.7. The number of benzene rings is 2. The molecule has 0 aliphatic heterocycles. The first-order valence-electron chi connectivity index (χ1n) is 8.43. The first kappa shape index (κ1) is 19.1. The molecule has 2 N–H and O–H groups in total. The molecule has 132 valence electrons. The Morgan fingerprint density at radius 2 is 1.60 bits per heavy atom. The van der Waals surface area contributed by atoms with E-state index in [-0.39, 0.29) is 11.8 Å². The Hall–Kier alpha value is -2.27. The van der Waals surface area contributed by atoms with Crippen LogP contribution < -0.4 is 10.6 Å². The molecule has 0 spiro atoms. The minimum atomic E-state index is -0.208. The van der Waals surface area contributed by atoms with Crippen molar-refractivity contribution in [2.75, 3.05) is 17.6 Å². The second-order valence-corrected chi connectivity index (χ2v) is 7.34. The predicted octanol–water partition coefficient (Wildman–Crippen LogP) is 4.44. The summed E-state index contributed by atoms with van der Waals surface area (Å²) in [5, 5.41) is 5.77. The van der Waals surface area contributed by atoms with Crippen molar-refractivity contribution in [3.8, 4) is 0 Å². The van der Waals surface area contributed by atoms with Crippen molar-refractivity contribution in [3.05, 3.63) is 59.7 Å². The lowest BCUT2D eigenvalue weighted by Crippen LogP contribution is -2.28. The average molecular weight is 356 g/mol. The lowest BCUT2D eigenvalue weighted by Gasteiger charge is -2.13. The number of rotatable bonds is 7. The number of nitrogens with one attached hydrogen (secondary N) is 2. The van der Waals surface area contributed by atoms with Crippen LogP contribution in [0.1, 0.15) is 41.5 Å². The average Bonchev–Trinajstić information content (AvgIpc) is 2.61. The van der Waals surface area contributed by atoms with Gasteiger partial charge in [-0.05, 0) is 35.9 Å². The van der Waals surface area contributed by atoms with Crippen molar-refractivity contribution in [1.29, 1.82) is 0 Å². The Kier molecular flexibility index (Phi) is 7.07. The zero-order valence-electron chi connectivity index (χ0n) is 14.8. The van der Waals surface area contributed by atoms with Crippen LogP contribution in [0.15, 0.2) is 53.4 Å². The molecule has 0 atom stereocenters. The van der Waals surface area contributed by atoms with E-state index in [2.05, 4.69) is 10.6 Å². The van der Waals surface area contributed by atoms with Crippen molar-refractivity contribution in [3.63, 3.8) is 0 Å². The SMILES string of the molecule is CCSc1ccccc1C(=O)Nc1ccccc1C(=O)NCC(C)C. The van der Waals surface area contributed by atoms with Gasteiger partial charge in [-0.25, -0.2) is 0 Å². The third kappa shape index (κ3) is 5.36. The minimum absolute atomic E-state index is 0.180. The van der Waals surface area contributed by atoms with Gasteiger partial charge in [0, 0.05) is 11.4 Å². The molecular formula is C20H24N2O2S. The summed E-state index contributed by atoms with van der Waals surface area (Å²) >= 11 is 1.62. The number of hydrogen-bond acceptors (Lipinski definition) is 3. The van der Waals surface area contributed by atoms with Crippen LogP contribution in [0, 0.1) is 5.92 Å². The molecule has 0 unspecified atom stereocenters. The van der Waals surface area contributed by atoms with Crippen LogP contribution in [0.25, 0.3) is 0 Å². The van der Waals surface area contributed by atoms with Gasteiger partial charge in [0.15, 0.2) is 0 Å². The molecule has 2 rings (SSSR count). The van der Waals surface area contributed by atoms with Gasteiger partial charge in [-0.2, -0.15) is 0 Å². The molecule has 0 radical (unpaired) electrons. The Morgan fingerprint density at radius 1 is 0.960 bits per heavy atom. The molecule has 0 heterocycles. The van der Waals surface area contributed by atoms with Gasteiger partial charge in [0.2, 0.25) is 0 Å². The number of para-hydroxylation sites is 1. The van der Waals surface area contributed by atoms with E-state index >= 15 is 0 Å². The van der Waals surface area contributed by atoms with E-state index in [1.807, 2.05) is 45.0 Å². The summed E-state index contributed by atoms with van der Waals surface area (Å²) in [5.41, 5.74) is 1.61. The van der Waals surface area contributed by atoms with Gasteiger partial charge in [-0.3, -0.25) is 9.59 Å². The Bertz CT molecular complexity index is 744. The van der Waals surface area contributed by atoms with Gasteiger partial charge in [-0.1, -0.05) is 45.0 Å². The highest BCUT2D eigenvalue weighted by molar-refractivity contribution is 7.99. The molecule has 0 fully saturated rings. The van der Waals surface area contributed by atoms with Crippen LogP contribution in [-0.2, 0) is 0 Å². The van der Waals surface area contributed by atoms with Gasteiger partial charge in [-0.15, -0.1) is 11.8 Å². The maximum Gasteiger partial charge on any atom is 0.256 e. The summed E-state index contributed by atoms with van der Waals surface area (Å²) in [6.45, 7) is 6.72. The van der Waals surface area contributed by atoms with Gasteiger partial charge in [0.1, 0.15) is 0 Å². The number of carbonyl (C=O) groups is 2. The summed E-state index contributed by atoms with van der Waals surface area (Å²) in [6.07, 6.45) is 0. The molecule has 2 amide bonds. The highest BCUT2D eigenvalue weighted by Gasteiger charge is 2.16. The summed E-state index contributed by atoms with van der Waals surface area (Å²) in [4.78, 5) is 26.0. The summed E-state index contributed by atoms with van der Waals surface area (Å²) in [5.74, 6) is 0.864. The lowest BCUT2D eigenvalue weighted by molar-refractivity contribution is 0.0950. The third-order valence-corrected chi connectivity index (χ3v) is 4.48. The number of carbonyl (C=O) groups excluding carboxylic acids is 2. The topological polar surface area (TPSA) is 58.2 Å². The maximum atomic E-state index is 12.7. The molecule has 0 aliphatic rings. The molecule has 4 nitrogen and oxygen atoms in total. The van der Waals surface area contributed by atoms with Crippen molar-refractivity contribution in [1.82, 2.24) is 5.32 Å². The van der Waals surface area contributed by atoms with Crippen LogP contribution in [0.5, 0.6) is 0 Å². The minimum Gasteiger partial charge on any atom is -0.352 e. The monoisotopic (exact) mass is 356 g/mol. The largest absolute Gasteiger partial charge is 0.352 e. The van der Waals surface area contributed by atoms with Crippen molar-refractivity contribution in [2.24, 2.45) is 5.92 Å². The Labute approximate surface area is 153 Å². The molecule has 25 heavy (non-hydrogen) atoms. The highest BCUT2D eigenvalue weighted by atomic mass is 32.2.